The highest BCUT2D eigenvalue weighted by atomic mass is 32.2. The Kier molecular flexibility index (Phi) is 4.00. The number of aryl methyl sites for hydroxylation is 1. The molecule has 118 valence electrons. The van der Waals surface area contributed by atoms with Crippen molar-refractivity contribution in [3.8, 4) is 6.07 Å². The minimum Gasteiger partial charge on any atom is -0.382 e. The maximum Gasteiger partial charge on any atom is 0.212 e. The molecule has 0 radical (unpaired) electrons. The average molecular weight is 344 g/mol. The first-order valence-corrected chi connectivity index (χ1v) is 8.96. The van der Waals surface area contributed by atoms with Crippen LogP contribution in [0.2, 0.25) is 0 Å². The standard InChI is InChI=1S/C15H16N6S2/c1-9-4-6-10(7-5-9)15(2)20-18-14(23-15)21-12(17)11(8-16)13(19-21)22-3/h4-7,20H,17H2,1-3H3. The van der Waals surface area contributed by atoms with E-state index in [1.54, 1.807) is 0 Å². The Labute approximate surface area is 143 Å². The summed E-state index contributed by atoms with van der Waals surface area (Å²) in [6.45, 7) is 4.11. The highest BCUT2D eigenvalue weighted by Gasteiger charge is 2.36. The fourth-order valence-corrected chi connectivity index (χ4v) is 3.82. The van der Waals surface area contributed by atoms with Gasteiger partial charge in [-0.05, 0) is 25.7 Å². The predicted molar refractivity (Wildman–Crippen MR) is 95.2 cm³/mol. The zero-order valence-corrected chi connectivity index (χ0v) is 14.6. The third kappa shape index (κ3) is 2.66. The maximum atomic E-state index is 9.23. The summed E-state index contributed by atoms with van der Waals surface area (Å²) in [6.07, 6.45) is 1.87. The van der Waals surface area contributed by atoms with Gasteiger partial charge in [-0.25, -0.2) is 0 Å². The molecule has 0 bridgehead atoms. The Balaban J connectivity index is 1.92. The van der Waals surface area contributed by atoms with Crippen molar-refractivity contribution in [3.05, 3.63) is 41.0 Å². The first-order valence-electron chi connectivity index (χ1n) is 6.92. The Morgan fingerprint density at radius 2 is 2.09 bits per heavy atom. The molecule has 1 aliphatic heterocycles. The van der Waals surface area contributed by atoms with Crippen molar-refractivity contribution in [2.75, 3.05) is 12.0 Å². The van der Waals surface area contributed by atoms with Crippen molar-refractivity contribution in [3.63, 3.8) is 0 Å². The van der Waals surface area contributed by atoms with E-state index in [2.05, 4.69) is 59.8 Å². The van der Waals surface area contributed by atoms with Gasteiger partial charge in [0, 0.05) is 0 Å². The molecule has 1 unspecified atom stereocenters. The number of nitriles is 1. The van der Waals surface area contributed by atoms with Gasteiger partial charge in [-0.2, -0.15) is 20.1 Å². The van der Waals surface area contributed by atoms with Gasteiger partial charge in [0.25, 0.3) is 0 Å². The number of nitrogens with zero attached hydrogens (tertiary/aromatic N) is 4. The average Bonchev–Trinajstić information content (AvgIpc) is 3.09. The Morgan fingerprint density at radius 3 is 2.65 bits per heavy atom. The van der Waals surface area contributed by atoms with E-state index in [0.717, 1.165) is 5.56 Å². The number of hydrogen-bond acceptors (Lipinski definition) is 7. The summed E-state index contributed by atoms with van der Waals surface area (Å²) < 4.78 is 1.53. The summed E-state index contributed by atoms with van der Waals surface area (Å²) in [5, 5.41) is 19.2. The first-order chi connectivity index (χ1) is 11.0. The molecule has 6 nitrogen and oxygen atoms in total. The third-order valence-electron chi connectivity index (χ3n) is 3.64. The van der Waals surface area contributed by atoms with Crippen molar-refractivity contribution >= 4 is 34.5 Å². The lowest BCUT2D eigenvalue weighted by Crippen LogP contribution is -2.28. The number of nitrogens with two attached hydrogens (primary N) is 1. The summed E-state index contributed by atoms with van der Waals surface area (Å²) in [5.41, 5.74) is 11.9. The lowest BCUT2D eigenvalue weighted by Gasteiger charge is -2.23. The van der Waals surface area contributed by atoms with Gasteiger partial charge in [0.2, 0.25) is 5.17 Å². The van der Waals surface area contributed by atoms with E-state index in [9.17, 15) is 5.26 Å². The Hall–Kier alpha value is -2.11. The van der Waals surface area contributed by atoms with Gasteiger partial charge in [-0.3, -0.25) is 5.43 Å². The first kappa shape index (κ1) is 15.8. The quantitative estimate of drug-likeness (QED) is 0.814. The summed E-state index contributed by atoms with van der Waals surface area (Å²) in [7, 11) is 0. The highest BCUT2D eigenvalue weighted by molar-refractivity contribution is 8.14. The molecule has 1 aliphatic rings. The number of anilines is 1. The van der Waals surface area contributed by atoms with Gasteiger partial charge < -0.3 is 5.73 Å². The van der Waals surface area contributed by atoms with Crippen molar-refractivity contribution < 1.29 is 0 Å². The van der Waals surface area contributed by atoms with Gasteiger partial charge in [0.1, 0.15) is 27.3 Å². The number of benzene rings is 1. The van der Waals surface area contributed by atoms with Crippen LogP contribution in [0.15, 0.2) is 34.4 Å². The van der Waals surface area contributed by atoms with Crippen LogP contribution in [0, 0.1) is 18.3 Å². The summed E-state index contributed by atoms with van der Waals surface area (Å²) in [5.74, 6) is 0.318. The number of aromatic nitrogens is 2. The van der Waals surface area contributed by atoms with Gasteiger partial charge in [-0.15, -0.1) is 11.8 Å². The SMILES string of the molecule is CSc1nn(C2=NNC(C)(c3ccc(C)cc3)S2)c(N)c1C#N. The molecule has 0 saturated heterocycles. The molecule has 0 aliphatic carbocycles. The van der Waals surface area contributed by atoms with Crippen LogP contribution >= 0.6 is 23.5 Å². The van der Waals surface area contributed by atoms with Gasteiger partial charge >= 0.3 is 0 Å². The molecular formula is C15H16N6S2. The third-order valence-corrected chi connectivity index (χ3v) is 5.49. The minimum absolute atomic E-state index is 0.318. The molecule has 2 aromatic rings. The van der Waals surface area contributed by atoms with E-state index < -0.39 is 4.87 Å². The van der Waals surface area contributed by atoms with Crippen LogP contribution < -0.4 is 11.2 Å². The fourth-order valence-electron chi connectivity index (χ4n) is 2.27. The second-order valence-corrected chi connectivity index (χ2v) is 7.48. The molecule has 8 heteroatoms. The van der Waals surface area contributed by atoms with E-state index in [4.69, 9.17) is 5.73 Å². The minimum atomic E-state index is -0.395. The van der Waals surface area contributed by atoms with E-state index in [1.807, 2.05) is 6.26 Å². The largest absolute Gasteiger partial charge is 0.382 e. The van der Waals surface area contributed by atoms with Crippen molar-refractivity contribution in [1.82, 2.24) is 15.2 Å². The number of nitrogens with one attached hydrogen (secondary N) is 1. The summed E-state index contributed by atoms with van der Waals surface area (Å²) >= 11 is 2.92. The number of hydrazone groups is 1. The number of rotatable bonds is 2. The number of hydrogen-bond donors (Lipinski definition) is 2. The molecule has 0 saturated carbocycles. The molecule has 3 rings (SSSR count). The molecule has 3 N–H and O–H groups in total. The van der Waals surface area contributed by atoms with E-state index in [-0.39, 0.29) is 0 Å². The van der Waals surface area contributed by atoms with Crippen molar-refractivity contribution in [2.45, 2.75) is 23.7 Å². The molecule has 1 aromatic heterocycles. The van der Waals surface area contributed by atoms with Crippen LogP contribution in [0.5, 0.6) is 0 Å². The van der Waals surface area contributed by atoms with Crippen molar-refractivity contribution in [2.24, 2.45) is 5.10 Å². The lowest BCUT2D eigenvalue weighted by molar-refractivity contribution is 0.562. The monoisotopic (exact) mass is 344 g/mol. The molecule has 2 heterocycles. The number of nitrogen functional groups attached to an aromatic ring is 1. The highest BCUT2D eigenvalue weighted by Crippen LogP contribution is 2.39. The summed E-state index contributed by atoms with van der Waals surface area (Å²) in [4.78, 5) is -0.395. The van der Waals surface area contributed by atoms with E-state index in [1.165, 1.54) is 33.8 Å². The molecule has 23 heavy (non-hydrogen) atoms. The van der Waals surface area contributed by atoms with Crippen LogP contribution in [0.25, 0.3) is 0 Å². The van der Waals surface area contributed by atoms with Gasteiger partial charge in [-0.1, -0.05) is 41.6 Å². The van der Waals surface area contributed by atoms with Crippen LogP contribution in [0.3, 0.4) is 0 Å². The molecule has 0 spiro atoms. The van der Waals surface area contributed by atoms with Crippen LogP contribution in [-0.2, 0) is 4.87 Å². The van der Waals surface area contributed by atoms with Crippen LogP contribution in [0.1, 0.15) is 23.6 Å². The zero-order valence-electron chi connectivity index (χ0n) is 13.0. The van der Waals surface area contributed by atoms with E-state index in [0.29, 0.717) is 21.6 Å². The molecule has 1 atom stereocenters. The Bertz CT molecular complexity index is 818. The van der Waals surface area contributed by atoms with Crippen molar-refractivity contribution in [1.29, 1.82) is 5.26 Å². The predicted octanol–water partition coefficient (Wildman–Crippen LogP) is 2.70. The topological polar surface area (TPSA) is 92.0 Å². The fraction of sp³-hybridized carbons (Fsp3) is 0.267. The molecule has 0 fully saturated rings. The number of thioether (sulfide) groups is 2. The lowest BCUT2D eigenvalue weighted by atomic mass is 10.1. The molecule has 0 amide bonds. The second kappa shape index (κ2) is 5.83. The normalized spacial score (nSPS) is 20.0. The van der Waals surface area contributed by atoms with Crippen LogP contribution in [-0.4, -0.2) is 21.2 Å². The maximum absolute atomic E-state index is 9.23. The molecular weight excluding hydrogens is 328 g/mol. The van der Waals surface area contributed by atoms with Crippen LogP contribution in [0.4, 0.5) is 5.82 Å². The van der Waals surface area contributed by atoms with Gasteiger partial charge in [0.05, 0.1) is 0 Å². The van der Waals surface area contributed by atoms with E-state index >= 15 is 0 Å². The zero-order chi connectivity index (χ0) is 16.6. The summed E-state index contributed by atoms with van der Waals surface area (Å²) in [6, 6.07) is 10.4. The molecule has 1 aromatic carbocycles. The Morgan fingerprint density at radius 1 is 1.39 bits per heavy atom. The smallest absolute Gasteiger partial charge is 0.212 e. The van der Waals surface area contributed by atoms with Gasteiger partial charge in [0.15, 0.2) is 0 Å². The second-order valence-electron chi connectivity index (χ2n) is 5.30.